The minimum Gasteiger partial charge on any atom is -0.493 e. The number of carbonyl (C=O) groups is 1. The molecule has 1 unspecified atom stereocenters. The number of benzene rings is 1. The van der Waals surface area contributed by atoms with Crippen LogP contribution >= 0.6 is 24.0 Å². The summed E-state index contributed by atoms with van der Waals surface area (Å²) >= 11 is 0. The molecule has 1 aromatic carbocycles. The molecule has 2 N–H and O–H groups in total. The van der Waals surface area contributed by atoms with E-state index in [9.17, 15) is 4.79 Å². The van der Waals surface area contributed by atoms with E-state index in [2.05, 4.69) is 22.5 Å². The number of nitrogens with zero attached hydrogens (tertiary/aromatic N) is 2. The Morgan fingerprint density at radius 3 is 2.59 bits per heavy atom. The highest BCUT2D eigenvalue weighted by molar-refractivity contribution is 14.0. The zero-order chi connectivity index (χ0) is 18.9. The molecule has 1 atom stereocenters. The van der Waals surface area contributed by atoms with Crippen molar-refractivity contribution in [1.82, 2.24) is 10.2 Å². The van der Waals surface area contributed by atoms with Gasteiger partial charge < -0.3 is 25.0 Å². The predicted molar refractivity (Wildman–Crippen MR) is 120 cm³/mol. The fraction of sp³-hybridized carbons (Fsp3) is 0.579. The third-order valence-corrected chi connectivity index (χ3v) is 4.66. The summed E-state index contributed by atoms with van der Waals surface area (Å²) in [5, 5.41) is 6.56. The first kappa shape index (κ1) is 23.3. The molecule has 1 saturated heterocycles. The zero-order valence-electron chi connectivity index (χ0n) is 16.6. The normalized spacial score (nSPS) is 15.2. The van der Waals surface area contributed by atoms with Crippen LogP contribution in [0.5, 0.6) is 11.5 Å². The number of likely N-dealkylation sites (tertiary alicyclic amines) is 1. The van der Waals surface area contributed by atoms with E-state index in [0.29, 0.717) is 23.9 Å². The second kappa shape index (κ2) is 11.9. The van der Waals surface area contributed by atoms with E-state index in [1.807, 2.05) is 23.1 Å². The third-order valence-electron chi connectivity index (χ3n) is 4.66. The van der Waals surface area contributed by atoms with Crippen molar-refractivity contribution in [2.45, 2.75) is 38.6 Å². The Morgan fingerprint density at radius 2 is 2.04 bits per heavy atom. The molecule has 0 aliphatic carbocycles. The summed E-state index contributed by atoms with van der Waals surface area (Å²) in [7, 11) is 4.96. The first-order chi connectivity index (χ1) is 12.6. The number of carbonyl (C=O) groups excluding carboxylic acids is 1. The molecule has 27 heavy (non-hydrogen) atoms. The summed E-state index contributed by atoms with van der Waals surface area (Å²) in [6.45, 7) is 3.76. The molecule has 1 fully saturated rings. The molecule has 7 nitrogen and oxygen atoms in total. The maximum absolute atomic E-state index is 11.9. The average molecular weight is 490 g/mol. The van der Waals surface area contributed by atoms with Gasteiger partial charge in [-0.05, 0) is 31.4 Å². The van der Waals surface area contributed by atoms with Gasteiger partial charge in [-0.25, -0.2) is 0 Å². The summed E-state index contributed by atoms with van der Waals surface area (Å²) < 4.78 is 10.6. The van der Waals surface area contributed by atoms with Gasteiger partial charge in [0.05, 0.1) is 14.2 Å². The first-order valence-electron chi connectivity index (χ1n) is 9.12. The van der Waals surface area contributed by atoms with Crippen molar-refractivity contribution >= 4 is 41.5 Å². The Morgan fingerprint density at radius 1 is 1.30 bits per heavy atom. The number of halogens is 1. The molecule has 2 rings (SSSR count). The minimum absolute atomic E-state index is 0. The lowest BCUT2D eigenvalue weighted by molar-refractivity contribution is -0.129. The molecule has 1 aliphatic heterocycles. The Bertz CT molecular complexity index is 639. The highest BCUT2D eigenvalue weighted by atomic mass is 127. The van der Waals surface area contributed by atoms with Gasteiger partial charge in [0, 0.05) is 44.4 Å². The van der Waals surface area contributed by atoms with Crippen LogP contribution in [0.1, 0.15) is 32.6 Å². The lowest BCUT2D eigenvalue weighted by Crippen LogP contribution is -2.39. The van der Waals surface area contributed by atoms with E-state index in [1.54, 1.807) is 21.3 Å². The SMILES string of the molecule is CCC(CCNC(=NC)Nc1ccc(OC)c(OC)c1)N1CCCC1=O.I. The van der Waals surface area contributed by atoms with Crippen LogP contribution in [0.2, 0.25) is 0 Å². The number of nitrogens with one attached hydrogen (secondary N) is 2. The van der Waals surface area contributed by atoms with Crippen molar-refractivity contribution in [3.8, 4) is 11.5 Å². The number of methoxy groups -OCH3 is 2. The lowest BCUT2D eigenvalue weighted by atomic mass is 10.1. The van der Waals surface area contributed by atoms with Gasteiger partial charge in [0.25, 0.3) is 0 Å². The van der Waals surface area contributed by atoms with Crippen molar-refractivity contribution in [1.29, 1.82) is 0 Å². The van der Waals surface area contributed by atoms with Crippen LogP contribution < -0.4 is 20.1 Å². The summed E-state index contributed by atoms with van der Waals surface area (Å²) in [5.41, 5.74) is 0.859. The molecule has 152 valence electrons. The van der Waals surface area contributed by atoms with Crippen molar-refractivity contribution in [2.75, 3.05) is 39.7 Å². The number of guanidine groups is 1. The van der Waals surface area contributed by atoms with Gasteiger partial charge in [0.15, 0.2) is 17.5 Å². The van der Waals surface area contributed by atoms with Crippen molar-refractivity contribution in [2.24, 2.45) is 4.99 Å². The molecule has 0 aromatic heterocycles. The number of rotatable bonds is 8. The molecule has 0 spiro atoms. The van der Waals surface area contributed by atoms with Crippen LogP contribution in [0.4, 0.5) is 5.69 Å². The summed E-state index contributed by atoms with van der Waals surface area (Å²) in [4.78, 5) is 18.2. The molecule has 8 heteroatoms. The van der Waals surface area contributed by atoms with E-state index in [-0.39, 0.29) is 35.9 Å². The summed E-state index contributed by atoms with van der Waals surface area (Å²) in [5.74, 6) is 2.30. The Balaban J connectivity index is 0.00000364. The number of anilines is 1. The Labute approximate surface area is 178 Å². The monoisotopic (exact) mass is 490 g/mol. The molecular formula is C19H31IN4O3. The number of aliphatic imine (C=N–C) groups is 1. The largest absolute Gasteiger partial charge is 0.493 e. The second-order valence-corrected chi connectivity index (χ2v) is 6.24. The van der Waals surface area contributed by atoms with Gasteiger partial charge in [-0.2, -0.15) is 0 Å². The van der Waals surface area contributed by atoms with Gasteiger partial charge in [-0.15, -0.1) is 24.0 Å². The van der Waals surface area contributed by atoms with Crippen LogP contribution in [0.25, 0.3) is 0 Å². The highest BCUT2D eigenvalue weighted by Gasteiger charge is 2.26. The fourth-order valence-corrected chi connectivity index (χ4v) is 3.22. The summed E-state index contributed by atoms with van der Waals surface area (Å²) in [6.07, 6.45) is 3.53. The predicted octanol–water partition coefficient (Wildman–Crippen LogP) is 3.10. The number of hydrogen-bond acceptors (Lipinski definition) is 4. The number of hydrogen-bond donors (Lipinski definition) is 2. The Kier molecular flexibility index (Phi) is 10.3. The van der Waals surface area contributed by atoms with Crippen LogP contribution in [0.15, 0.2) is 23.2 Å². The lowest BCUT2D eigenvalue weighted by Gasteiger charge is -2.27. The molecule has 0 radical (unpaired) electrons. The fourth-order valence-electron chi connectivity index (χ4n) is 3.22. The third kappa shape index (κ3) is 6.44. The molecular weight excluding hydrogens is 459 g/mol. The molecule has 1 amide bonds. The standard InChI is InChI=1S/C19H30N4O3.HI/c1-5-15(23-12-6-7-18(23)24)10-11-21-19(20-2)22-14-8-9-16(25-3)17(13-14)26-4;/h8-9,13,15H,5-7,10-12H2,1-4H3,(H2,20,21,22);1H. The number of ether oxygens (including phenoxy) is 2. The van der Waals surface area contributed by atoms with E-state index >= 15 is 0 Å². The van der Waals surface area contributed by atoms with Crippen LogP contribution in [0, 0.1) is 0 Å². The molecule has 0 bridgehead atoms. The first-order valence-corrected chi connectivity index (χ1v) is 9.12. The smallest absolute Gasteiger partial charge is 0.222 e. The average Bonchev–Trinajstić information content (AvgIpc) is 3.09. The molecule has 1 aliphatic rings. The quantitative estimate of drug-likeness (QED) is 0.333. The van der Waals surface area contributed by atoms with E-state index in [1.165, 1.54) is 0 Å². The van der Waals surface area contributed by atoms with Gasteiger partial charge in [-0.1, -0.05) is 6.92 Å². The van der Waals surface area contributed by atoms with Gasteiger partial charge >= 0.3 is 0 Å². The van der Waals surface area contributed by atoms with Gasteiger partial charge in [0.1, 0.15) is 0 Å². The van der Waals surface area contributed by atoms with E-state index < -0.39 is 0 Å². The highest BCUT2D eigenvalue weighted by Crippen LogP contribution is 2.29. The van der Waals surface area contributed by atoms with Crippen LogP contribution in [-0.4, -0.2) is 57.2 Å². The van der Waals surface area contributed by atoms with Crippen LogP contribution in [-0.2, 0) is 4.79 Å². The molecule has 1 aromatic rings. The van der Waals surface area contributed by atoms with Crippen molar-refractivity contribution < 1.29 is 14.3 Å². The Hall–Kier alpha value is -1.71. The minimum atomic E-state index is 0. The van der Waals surface area contributed by atoms with Crippen molar-refractivity contribution in [3.63, 3.8) is 0 Å². The van der Waals surface area contributed by atoms with E-state index in [4.69, 9.17) is 9.47 Å². The van der Waals surface area contributed by atoms with Crippen molar-refractivity contribution in [3.05, 3.63) is 18.2 Å². The topological polar surface area (TPSA) is 75.2 Å². The maximum Gasteiger partial charge on any atom is 0.222 e. The van der Waals surface area contributed by atoms with E-state index in [0.717, 1.165) is 38.0 Å². The zero-order valence-corrected chi connectivity index (χ0v) is 18.9. The number of amides is 1. The molecule has 0 saturated carbocycles. The summed E-state index contributed by atoms with van der Waals surface area (Å²) in [6, 6.07) is 5.91. The van der Waals surface area contributed by atoms with Gasteiger partial charge in [0.2, 0.25) is 5.91 Å². The van der Waals surface area contributed by atoms with Gasteiger partial charge in [-0.3, -0.25) is 9.79 Å². The second-order valence-electron chi connectivity index (χ2n) is 6.24. The van der Waals surface area contributed by atoms with Crippen LogP contribution in [0.3, 0.4) is 0 Å². The molecule has 1 heterocycles. The maximum atomic E-state index is 11.9.